The summed E-state index contributed by atoms with van der Waals surface area (Å²) in [4.78, 5) is 19.0. The predicted octanol–water partition coefficient (Wildman–Crippen LogP) is 6.40. The Morgan fingerprint density at radius 1 is 0.865 bits per heavy atom. The van der Waals surface area contributed by atoms with E-state index in [2.05, 4.69) is 19.2 Å². The molecule has 0 spiro atoms. The molecule has 2 atom stereocenters. The molecule has 2 heterocycles. The number of benzene rings is 3. The zero-order valence-electron chi connectivity index (χ0n) is 20.8. The van der Waals surface area contributed by atoms with E-state index in [4.69, 9.17) is 4.98 Å². The van der Waals surface area contributed by atoms with Crippen molar-refractivity contribution in [3.05, 3.63) is 90.5 Å². The van der Waals surface area contributed by atoms with Crippen LogP contribution in [0.2, 0.25) is 0 Å². The van der Waals surface area contributed by atoms with Crippen LogP contribution in [0.25, 0.3) is 21.7 Å². The largest absolute Gasteiger partial charge is 0.298 e. The molecule has 37 heavy (non-hydrogen) atoms. The number of hydrogen-bond acceptors (Lipinski definition) is 5. The quantitative estimate of drug-likeness (QED) is 0.312. The number of aromatic nitrogens is 1. The standard InChI is InChI=1S/C29H29N3O3S2/c1-20-17-21(2)19-32(18-20)37(34,35)25-15-13-24(14-16-25)28(33)31-29-30-26(22-9-5-3-6-10-22)27(36-29)23-11-7-4-8-12-23/h3-16,20-21H,17-19H2,1-2H3,(H,30,31,33)/t20-,21-/m0/s1. The molecule has 0 aliphatic carbocycles. The number of anilines is 1. The Morgan fingerprint density at radius 3 is 2.03 bits per heavy atom. The SMILES string of the molecule is C[C@H]1C[C@H](C)CN(S(=O)(=O)c2ccc(C(=O)Nc3nc(-c4ccccc4)c(-c4ccccc4)s3)cc2)C1. The Hall–Kier alpha value is -3.33. The van der Waals surface area contributed by atoms with Gasteiger partial charge in [-0.15, -0.1) is 0 Å². The number of sulfonamides is 1. The summed E-state index contributed by atoms with van der Waals surface area (Å²) in [7, 11) is -3.60. The molecule has 1 N–H and O–H groups in total. The van der Waals surface area contributed by atoms with Gasteiger partial charge in [-0.05, 0) is 48.1 Å². The molecule has 1 aliphatic rings. The van der Waals surface area contributed by atoms with Crippen LogP contribution < -0.4 is 5.32 Å². The van der Waals surface area contributed by atoms with E-state index in [1.54, 1.807) is 16.4 Å². The van der Waals surface area contributed by atoms with Gasteiger partial charge in [0.05, 0.1) is 15.5 Å². The zero-order chi connectivity index (χ0) is 26.0. The summed E-state index contributed by atoms with van der Waals surface area (Å²) in [5.74, 6) is 0.309. The number of carbonyl (C=O) groups excluding carboxylic acids is 1. The highest BCUT2D eigenvalue weighted by molar-refractivity contribution is 7.89. The van der Waals surface area contributed by atoms with Crippen LogP contribution >= 0.6 is 11.3 Å². The van der Waals surface area contributed by atoms with Crippen LogP contribution in [-0.4, -0.2) is 36.7 Å². The van der Waals surface area contributed by atoms with Crippen molar-refractivity contribution in [3.8, 4) is 21.7 Å². The van der Waals surface area contributed by atoms with Crippen molar-refractivity contribution in [1.82, 2.24) is 9.29 Å². The van der Waals surface area contributed by atoms with Crippen molar-refractivity contribution in [3.63, 3.8) is 0 Å². The van der Waals surface area contributed by atoms with Crippen molar-refractivity contribution in [2.24, 2.45) is 11.8 Å². The number of thiazole rings is 1. The van der Waals surface area contributed by atoms with E-state index in [9.17, 15) is 13.2 Å². The fraction of sp³-hybridized carbons (Fsp3) is 0.241. The number of carbonyl (C=O) groups is 1. The lowest BCUT2D eigenvalue weighted by Gasteiger charge is -2.34. The normalized spacial score (nSPS) is 18.4. The number of rotatable bonds is 6. The molecule has 0 saturated carbocycles. The third kappa shape index (κ3) is 5.51. The van der Waals surface area contributed by atoms with Gasteiger partial charge in [0.1, 0.15) is 0 Å². The first-order valence-electron chi connectivity index (χ1n) is 12.3. The molecule has 1 fully saturated rings. The molecule has 5 rings (SSSR count). The van der Waals surface area contributed by atoms with Crippen molar-refractivity contribution in [2.75, 3.05) is 18.4 Å². The van der Waals surface area contributed by atoms with E-state index in [1.165, 1.54) is 23.5 Å². The Labute approximate surface area is 222 Å². The van der Waals surface area contributed by atoms with Gasteiger partial charge in [-0.3, -0.25) is 10.1 Å². The first kappa shape index (κ1) is 25.3. The van der Waals surface area contributed by atoms with Crippen LogP contribution in [0.3, 0.4) is 0 Å². The maximum absolute atomic E-state index is 13.2. The first-order chi connectivity index (χ1) is 17.8. The van der Waals surface area contributed by atoms with Crippen molar-refractivity contribution in [2.45, 2.75) is 25.2 Å². The Balaban J connectivity index is 1.37. The van der Waals surface area contributed by atoms with Crippen LogP contribution in [-0.2, 0) is 10.0 Å². The number of piperidine rings is 1. The average Bonchev–Trinajstić information content (AvgIpc) is 3.33. The Kier molecular flexibility index (Phi) is 7.24. The molecular formula is C29H29N3O3S2. The highest BCUT2D eigenvalue weighted by Crippen LogP contribution is 2.39. The lowest BCUT2D eigenvalue weighted by atomic mass is 9.94. The topological polar surface area (TPSA) is 79.4 Å². The molecule has 1 aliphatic heterocycles. The average molecular weight is 532 g/mol. The molecule has 1 aromatic heterocycles. The second-order valence-electron chi connectivity index (χ2n) is 9.68. The van der Waals surface area contributed by atoms with Gasteiger partial charge in [0.25, 0.3) is 5.91 Å². The summed E-state index contributed by atoms with van der Waals surface area (Å²) in [6.45, 7) is 5.20. The van der Waals surface area contributed by atoms with E-state index in [0.717, 1.165) is 28.1 Å². The molecule has 0 radical (unpaired) electrons. The minimum absolute atomic E-state index is 0.206. The molecule has 1 amide bonds. The number of amides is 1. The molecule has 8 heteroatoms. The van der Waals surface area contributed by atoms with E-state index in [-0.39, 0.29) is 10.8 Å². The molecule has 3 aromatic carbocycles. The van der Waals surface area contributed by atoms with Crippen LogP contribution in [0, 0.1) is 11.8 Å². The van der Waals surface area contributed by atoms with E-state index in [1.807, 2.05) is 60.7 Å². The van der Waals surface area contributed by atoms with Gasteiger partial charge in [0.15, 0.2) is 5.13 Å². The Bertz CT molecular complexity index is 1420. The molecule has 1 saturated heterocycles. The number of nitrogens with zero attached hydrogens (tertiary/aromatic N) is 2. The van der Waals surface area contributed by atoms with Gasteiger partial charge < -0.3 is 0 Å². The van der Waals surface area contributed by atoms with Gasteiger partial charge in [-0.2, -0.15) is 4.31 Å². The fourth-order valence-electron chi connectivity index (χ4n) is 4.85. The van der Waals surface area contributed by atoms with Crippen LogP contribution in [0.4, 0.5) is 5.13 Å². The van der Waals surface area contributed by atoms with Gasteiger partial charge >= 0.3 is 0 Å². The van der Waals surface area contributed by atoms with Crippen LogP contribution in [0.15, 0.2) is 89.8 Å². The third-order valence-corrected chi connectivity index (χ3v) is 9.39. The summed E-state index contributed by atoms with van der Waals surface area (Å²) in [5.41, 5.74) is 3.17. The lowest BCUT2D eigenvalue weighted by Crippen LogP contribution is -2.42. The van der Waals surface area contributed by atoms with E-state index < -0.39 is 10.0 Å². The highest BCUT2D eigenvalue weighted by Gasteiger charge is 2.31. The molecule has 0 bridgehead atoms. The maximum Gasteiger partial charge on any atom is 0.257 e. The highest BCUT2D eigenvalue weighted by atomic mass is 32.2. The Morgan fingerprint density at radius 2 is 1.43 bits per heavy atom. The number of hydrogen-bond donors (Lipinski definition) is 1. The summed E-state index contributed by atoms with van der Waals surface area (Å²) in [6.07, 6.45) is 1.03. The maximum atomic E-state index is 13.2. The van der Waals surface area contributed by atoms with Crippen LogP contribution in [0.1, 0.15) is 30.6 Å². The fourth-order valence-corrected chi connectivity index (χ4v) is 7.52. The first-order valence-corrected chi connectivity index (χ1v) is 14.6. The monoisotopic (exact) mass is 531 g/mol. The second-order valence-corrected chi connectivity index (χ2v) is 12.6. The summed E-state index contributed by atoms with van der Waals surface area (Å²) < 4.78 is 27.9. The van der Waals surface area contributed by atoms with Crippen molar-refractivity contribution < 1.29 is 13.2 Å². The van der Waals surface area contributed by atoms with Gasteiger partial charge in [-0.1, -0.05) is 85.8 Å². The lowest BCUT2D eigenvalue weighted by molar-refractivity contribution is 0.102. The third-order valence-electron chi connectivity index (χ3n) is 6.52. The van der Waals surface area contributed by atoms with Gasteiger partial charge in [0, 0.05) is 24.2 Å². The minimum atomic E-state index is -3.60. The molecule has 0 unspecified atom stereocenters. The van der Waals surface area contributed by atoms with Gasteiger partial charge in [0.2, 0.25) is 10.0 Å². The predicted molar refractivity (Wildman–Crippen MR) is 149 cm³/mol. The molecule has 6 nitrogen and oxygen atoms in total. The summed E-state index contributed by atoms with van der Waals surface area (Å²) in [5, 5.41) is 3.38. The number of nitrogens with one attached hydrogen (secondary N) is 1. The van der Waals surface area contributed by atoms with Gasteiger partial charge in [-0.25, -0.2) is 13.4 Å². The minimum Gasteiger partial charge on any atom is -0.298 e. The zero-order valence-corrected chi connectivity index (χ0v) is 22.4. The summed E-state index contributed by atoms with van der Waals surface area (Å²) in [6, 6.07) is 26.0. The summed E-state index contributed by atoms with van der Waals surface area (Å²) >= 11 is 1.41. The second kappa shape index (κ2) is 10.6. The smallest absolute Gasteiger partial charge is 0.257 e. The molecule has 4 aromatic rings. The molecule has 190 valence electrons. The van der Waals surface area contributed by atoms with Crippen LogP contribution in [0.5, 0.6) is 0 Å². The van der Waals surface area contributed by atoms with E-state index >= 15 is 0 Å². The van der Waals surface area contributed by atoms with Crippen molar-refractivity contribution >= 4 is 32.4 Å². The van der Waals surface area contributed by atoms with E-state index in [0.29, 0.717) is 35.6 Å². The van der Waals surface area contributed by atoms with Crippen molar-refractivity contribution in [1.29, 1.82) is 0 Å². The molecular weight excluding hydrogens is 502 g/mol.